The highest BCUT2D eigenvalue weighted by molar-refractivity contribution is 5.77. The Balaban J connectivity index is 1.81. The van der Waals surface area contributed by atoms with Crippen molar-refractivity contribution < 1.29 is 13.9 Å². The van der Waals surface area contributed by atoms with Gasteiger partial charge in [0.2, 0.25) is 0 Å². The van der Waals surface area contributed by atoms with Crippen molar-refractivity contribution in [2.24, 2.45) is 0 Å². The van der Waals surface area contributed by atoms with Crippen LogP contribution >= 0.6 is 0 Å². The molecule has 2 rings (SSSR count). The molecule has 0 saturated carbocycles. The van der Waals surface area contributed by atoms with E-state index in [-0.39, 0.29) is 18.3 Å². The number of aryl methyl sites for hydroxylation is 1. The van der Waals surface area contributed by atoms with Crippen LogP contribution in [0.1, 0.15) is 36.8 Å². The van der Waals surface area contributed by atoms with Crippen molar-refractivity contribution in [1.82, 2.24) is 9.88 Å². The third kappa shape index (κ3) is 4.37. The molecule has 0 aliphatic heterocycles. The molecule has 0 fully saturated rings. The van der Waals surface area contributed by atoms with E-state index in [1.54, 1.807) is 12.1 Å². The maximum absolute atomic E-state index is 13.4. The number of hydrogen-bond donors (Lipinski definition) is 1. The zero-order chi connectivity index (χ0) is 17.7. The third-order valence-corrected chi connectivity index (χ3v) is 4.02. The highest BCUT2D eigenvalue weighted by atomic mass is 19.1. The van der Waals surface area contributed by atoms with Crippen LogP contribution in [0.2, 0.25) is 0 Å². The van der Waals surface area contributed by atoms with Crippen LogP contribution in [0.5, 0.6) is 5.75 Å². The topological polar surface area (TPSA) is 43.3 Å². The molecule has 0 saturated heterocycles. The van der Waals surface area contributed by atoms with Gasteiger partial charge in [0.05, 0.1) is 0 Å². The van der Waals surface area contributed by atoms with Crippen LogP contribution in [0.25, 0.3) is 0 Å². The summed E-state index contributed by atoms with van der Waals surface area (Å²) in [4.78, 5) is 11.8. The van der Waals surface area contributed by atoms with E-state index in [0.29, 0.717) is 12.6 Å². The van der Waals surface area contributed by atoms with Gasteiger partial charge in [-0.15, -0.1) is 0 Å². The molecule has 24 heavy (non-hydrogen) atoms. The maximum Gasteiger partial charge on any atom is 0.257 e. The van der Waals surface area contributed by atoms with Crippen molar-refractivity contribution in [1.29, 1.82) is 0 Å². The van der Waals surface area contributed by atoms with Crippen LogP contribution in [0.4, 0.5) is 4.39 Å². The number of carbonyl (C=O) groups is 1. The second-order valence-corrected chi connectivity index (χ2v) is 6.18. The molecule has 1 heterocycles. The zero-order valence-electron chi connectivity index (χ0n) is 14.7. The van der Waals surface area contributed by atoms with Gasteiger partial charge in [0, 0.05) is 24.0 Å². The van der Waals surface area contributed by atoms with Gasteiger partial charge in [-0.05, 0) is 57.9 Å². The monoisotopic (exact) mass is 332 g/mol. The molecule has 0 aliphatic rings. The van der Waals surface area contributed by atoms with E-state index in [9.17, 15) is 9.18 Å². The van der Waals surface area contributed by atoms with Gasteiger partial charge in [-0.1, -0.05) is 12.1 Å². The molecule has 1 N–H and O–H groups in total. The molecule has 130 valence electrons. The summed E-state index contributed by atoms with van der Waals surface area (Å²) in [5.41, 5.74) is 3.70. The van der Waals surface area contributed by atoms with Crippen LogP contribution in [0.15, 0.2) is 30.3 Å². The van der Waals surface area contributed by atoms with Crippen molar-refractivity contribution in [3.05, 3.63) is 53.1 Å². The number of hydrogen-bond acceptors (Lipinski definition) is 2. The fraction of sp³-hybridized carbons (Fsp3) is 0.421. The maximum atomic E-state index is 13.4. The van der Waals surface area contributed by atoms with E-state index in [2.05, 4.69) is 43.6 Å². The summed E-state index contributed by atoms with van der Waals surface area (Å²) in [5, 5.41) is 2.81. The summed E-state index contributed by atoms with van der Waals surface area (Å²) in [6, 6.07) is 8.64. The van der Waals surface area contributed by atoms with E-state index in [1.165, 1.54) is 29.1 Å². The molecule has 0 unspecified atom stereocenters. The number of ether oxygens (including phenoxy) is 1. The first-order valence-corrected chi connectivity index (χ1v) is 8.21. The standard InChI is InChI=1S/C19H25FN2O2/c1-13(2)22-14(3)11-16(15(22)4)9-10-21-19(23)12-24-18-8-6-5-7-17(18)20/h5-8,11,13H,9-10,12H2,1-4H3,(H,21,23). The van der Waals surface area contributed by atoms with Crippen LogP contribution in [0.3, 0.4) is 0 Å². The van der Waals surface area contributed by atoms with Gasteiger partial charge < -0.3 is 14.6 Å². The Morgan fingerprint density at radius 2 is 2.00 bits per heavy atom. The second kappa shape index (κ2) is 7.99. The summed E-state index contributed by atoms with van der Waals surface area (Å²) in [6.45, 7) is 8.85. The normalized spacial score (nSPS) is 10.9. The van der Waals surface area contributed by atoms with E-state index < -0.39 is 5.82 Å². The van der Waals surface area contributed by atoms with Gasteiger partial charge in [0.15, 0.2) is 18.2 Å². The summed E-state index contributed by atoms with van der Waals surface area (Å²) < 4.78 is 20.9. The Morgan fingerprint density at radius 1 is 1.29 bits per heavy atom. The minimum Gasteiger partial charge on any atom is -0.481 e. The molecule has 0 spiro atoms. The Hall–Kier alpha value is -2.30. The summed E-state index contributed by atoms with van der Waals surface area (Å²) >= 11 is 0. The Morgan fingerprint density at radius 3 is 2.62 bits per heavy atom. The van der Waals surface area contributed by atoms with Crippen molar-refractivity contribution in [3.8, 4) is 5.75 Å². The molecule has 5 heteroatoms. The average molecular weight is 332 g/mol. The number of aromatic nitrogens is 1. The van der Waals surface area contributed by atoms with E-state index in [1.807, 2.05) is 0 Å². The highest BCUT2D eigenvalue weighted by Crippen LogP contribution is 2.20. The lowest BCUT2D eigenvalue weighted by Gasteiger charge is -2.14. The second-order valence-electron chi connectivity index (χ2n) is 6.18. The van der Waals surface area contributed by atoms with Gasteiger partial charge in [0.1, 0.15) is 0 Å². The average Bonchev–Trinajstić information content (AvgIpc) is 2.80. The number of rotatable bonds is 7. The summed E-state index contributed by atoms with van der Waals surface area (Å²) in [6.07, 6.45) is 0.762. The van der Waals surface area contributed by atoms with Gasteiger partial charge >= 0.3 is 0 Å². The lowest BCUT2D eigenvalue weighted by Crippen LogP contribution is -2.30. The fourth-order valence-electron chi connectivity index (χ4n) is 2.99. The number of halogens is 1. The van der Waals surface area contributed by atoms with Crippen molar-refractivity contribution >= 4 is 5.91 Å². The Kier molecular flexibility index (Phi) is 6.01. The van der Waals surface area contributed by atoms with Crippen LogP contribution < -0.4 is 10.1 Å². The van der Waals surface area contributed by atoms with Crippen molar-refractivity contribution in [3.63, 3.8) is 0 Å². The van der Waals surface area contributed by atoms with Crippen molar-refractivity contribution in [2.75, 3.05) is 13.2 Å². The number of carbonyl (C=O) groups excluding carboxylic acids is 1. The first-order valence-electron chi connectivity index (χ1n) is 8.21. The quantitative estimate of drug-likeness (QED) is 0.842. The SMILES string of the molecule is Cc1cc(CCNC(=O)COc2ccccc2F)c(C)n1C(C)C. The summed E-state index contributed by atoms with van der Waals surface area (Å²) in [5.74, 6) is -0.629. The number of nitrogens with one attached hydrogen (secondary N) is 1. The number of nitrogens with zero attached hydrogens (tertiary/aromatic N) is 1. The van der Waals surface area contributed by atoms with Gasteiger partial charge in [-0.2, -0.15) is 0 Å². The smallest absolute Gasteiger partial charge is 0.257 e. The molecule has 0 atom stereocenters. The molecule has 1 aromatic heterocycles. The number of para-hydroxylation sites is 1. The summed E-state index contributed by atoms with van der Waals surface area (Å²) in [7, 11) is 0. The molecule has 0 bridgehead atoms. The predicted molar refractivity (Wildman–Crippen MR) is 92.9 cm³/mol. The molecular formula is C19H25FN2O2. The largest absolute Gasteiger partial charge is 0.481 e. The Bertz CT molecular complexity index is 707. The zero-order valence-corrected chi connectivity index (χ0v) is 14.7. The number of benzene rings is 1. The third-order valence-electron chi connectivity index (χ3n) is 4.02. The van der Waals surface area contributed by atoms with Crippen LogP contribution in [-0.2, 0) is 11.2 Å². The molecule has 1 amide bonds. The predicted octanol–water partition coefficient (Wildman–Crippen LogP) is 3.56. The lowest BCUT2D eigenvalue weighted by molar-refractivity contribution is -0.123. The molecular weight excluding hydrogens is 307 g/mol. The molecule has 0 radical (unpaired) electrons. The fourth-order valence-corrected chi connectivity index (χ4v) is 2.99. The minimum atomic E-state index is -0.466. The molecule has 1 aromatic carbocycles. The molecule has 4 nitrogen and oxygen atoms in total. The van der Waals surface area contributed by atoms with Gasteiger partial charge in [0.25, 0.3) is 5.91 Å². The minimum absolute atomic E-state index is 0.0909. The Labute approximate surface area is 142 Å². The van der Waals surface area contributed by atoms with E-state index in [4.69, 9.17) is 4.74 Å². The van der Waals surface area contributed by atoms with E-state index >= 15 is 0 Å². The first kappa shape index (κ1) is 18.0. The lowest BCUT2D eigenvalue weighted by atomic mass is 10.2. The number of amides is 1. The molecule has 2 aromatic rings. The first-order chi connectivity index (χ1) is 11.4. The van der Waals surface area contributed by atoms with Crippen LogP contribution in [-0.4, -0.2) is 23.6 Å². The molecule has 0 aliphatic carbocycles. The van der Waals surface area contributed by atoms with Crippen LogP contribution in [0, 0.1) is 19.7 Å². The van der Waals surface area contributed by atoms with Crippen molar-refractivity contribution in [2.45, 2.75) is 40.2 Å². The van der Waals surface area contributed by atoms with Gasteiger partial charge in [-0.3, -0.25) is 4.79 Å². The van der Waals surface area contributed by atoms with Gasteiger partial charge in [-0.25, -0.2) is 4.39 Å². The highest BCUT2D eigenvalue weighted by Gasteiger charge is 2.11. The van der Waals surface area contributed by atoms with E-state index in [0.717, 1.165) is 6.42 Å².